The summed E-state index contributed by atoms with van der Waals surface area (Å²) in [6.07, 6.45) is 7.37. The van der Waals surface area contributed by atoms with Crippen LogP contribution in [-0.2, 0) is 4.74 Å². The molecule has 0 saturated heterocycles. The van der Waals surface area contributed by atoms with Crippen LogP contribution in [0, 0.1) is 5.92 Å². The Morgan fingerprint density at radius 3 is 2.81 bits per heavy atom. The van der Waals surface area contributed by atoms with Gasteiger partial charge >= 0.3 is 0 Å². The van der Waals surface area contributed by atoms with Gasteiger partial charge in [0.2, 0.25) is 0 Å². The molecule has 0 heterocycles. The summed E-state index contributed by atoms with van der Waals surface area (Å²) in [5, 5.41) is 12.9. The predicted molar refractivity (Wildman–Crippen MR) is 66.6 cm³/mol. The minimum absolute atomic E-state index is 0.343. The predicted octanol–water partition coefficient (Wildman–Crippen LogP) is 1.94. The molecule has 16 heavy (non-hydrogen) atoms. The van der Waals surface area contributed by atoms with Gasteiger partial charge in [0.25, 0.3) is 0 Å². The fraction of sp³-hybridized carbons (Fsp3) is 1.00. The lowest BCUT2D eigenvalue weighted by Gasteiger charge is -2.12. The Bertz CT molecular complexity index is 160. The summed E-state index contributed by atoms with van der Waals surface area (Å²) >= 11 is 0. The van der Waals surface area contributed by atoms with Crippen LogP contribution in [0.25, 0.3) is 0 Å². The highest BCUT2D eigenvalue weighted by molar-refractivity contribution is 4.72. The molecule has 0 aromatic heterocycles. The Kier molecular flexibility index (Phi) is 7.81. The zero-order valence-electron chi connectivity index (χ0n) is 10.6. The average Bonchev–Trinajstić information content (AvgIpc) is 3.07. The number of hydrogen-bond donors (Lipinski definition) is 2. The average molecular weight is 229 g/mol. The van der Waals surface area contributed by atoms with Gasteiger partial charge in [0.1, 0.15) is 0 Å². The lowest BCUT2D eigenvalue weighted by Crippen LogP contribution is -2.31. The largest absolute Gasteiger partial charge is 0.389 e. The van der Waals surface area contributed by atoms with Crippen LogP contribution < -0.4 is 5.32 Å². The van der Waals surface area contributed by atoms with Gasteiger partial charge in [0.15, 0.2) is 0 Å². The highest BCUT2D eigenvalue weighted by Crippen LogP contribution is 2.28. The quantitative estimate of drug-likeness (QED) is 0.532. The van der Waals surface area contributed by atoms with E-state index in [0.29, 0.717) is 13.2 Å². The fourth-order valence-corrected chi connectivity index (χ4v) is 1.66. The second kappa shape index (κ2) is 8.97. The van der Waals surface area contributed by atoms with Crippen molar-refractivity contribution in [3.8, 4) is 0 Å². The van der Waals surface area contributed by atoms with E-state index in [-0.39, 0.29) is 6.10 Å². The van der Waals surface area contributed by atoms with Gasteiger partial charge < -0.3 is 15.2 Å². The Morgan fingerprint density at radius 2 is 2.12 bits per heavy atom. The molecule has 3 heteroatoms. The molecule has 0 aromatic rings. The summed E-state index contributed by atoms with van der Waals surface area (Å²) in [5.41, 5.74) is 0. The SMILES string of the molecule is CCCCCCNCC(O)COCC1CC1. The fourth-order valence-electron chi connectivity index (χ4n) is 1.66. The number of hydrogen-bond acceptors (Lipinski definition) is 3. The number of unbranched alkanes of at least 4 members (excludes halogenated alkanes) is 3. The van der Waals surface area contributed by atoms with Crippen molar-refractivity contribution in [3.63, 3.8) is 0 Å². The van der Waals surface area contributed by atoms with Crippen molar-refractivity contribution in [2.24, 2.45) is 5.92 Å². The Morgan fingerprint density at radius 1 is 1.31 bits per heavy atom. The van der Waals surface area contributed by atoms with E-state index in [1.54, 1.807) is 0 Å². The lowest BCUT2D eigenvalue weighted by atomic mass is 10.2. The van der Waals surface area contributed by atoms with Crippen molar-refractivity contribution in [1.29, 1.82) is 0 Å². The third-order valence-electron chi connectivity index (χ3n) is 2.95. The maximum atomic E-state index is 9.60. The first-order valence-electron chi connectivity index (χ1n) is 6.79. The molecule has 96 valence electrons. The van der Waals surface area contributed by atoms with Gasteiger partial charge in [-0.2, -0.15) is 0 Å². The smallest absolute Gasteiger partial charge is 0.0897 e. The van der Waals surface area contributed by atoms with E-state index < -0.39 is 0 Å². The zero-order valence-corrected chi connectivity index (χ0v) is 10.6. The van der Waals surface area contributed by atoms with Crippen LogP contribution in [0.2, 0.25) is 0 Å². The maximum absolute atomic E-state index is 9.60. The van der Waals surface area contributed by atoms with Gasteiger partial charge in [-0.05, 0) is 31.7 Å². The van der Waals surface area contributed by atoms with Gasteiger partial charge in [-0.15, -0.1) is 0 Å². The molecule has 1 rings (SSSR count). The number of aliphatic hydroxyl groups excluding tert-OH is 1. The number of rotatable bonds is 11. The van der Waals surface area contributed by atoms with E-state index >= 15 is 0 Å². The molecule has 0 aliphatic heterocycles. The molecule has 2 N–H and O–H groups in total. The van der Waals surface area contributed by atoms with Crippen LogP contribution in [0.3, 0.4) is 0 Å². The summed E-state index contributed by atoms with van der Waals surface area (Å²) < 4.78 is 5.42. The summed E-state index contributed by atoms with van der Waals surface area (Å²) in [6.45, 7) is 5.22. The minimum Gasteiger partial charge on any atom is -0.389 e. The van der Waals surface area contributed by atoms with Gasteiger partial charge in [0, 0.05) is 13.2 Å². The highest BCUT2D eigenvalue weighted by atomic mass is 16.5. The van der Waals surface area contributed by atoms with Crippen molar-refractivity contribution >= 4 is 0 Å². The Balaban J connectivity index is 1.76. The van der Waals surface area contributed by atoms with E-state index in [9.17, 15) is 5.11 Å². The van der Waals surface area contributed by atoms with Crippen LogP contribution in [0.1, 0.15) is 45.4 Å². The van der Waals surface area contributed by atoms with Crippen LogP contribution in [-0.4, -0.2) is 37.5 Å². The van der Waals surface area contributed by atoms with E-state index in [1.807, 2.05) is 0 Å². The van der Waals surface area contributed by atoms with Crippen molar-refractivity contribution in [3.05, 3.63) is 0 Å². The van der Waals surface area contributed by atoms with Crippen molar-refractivity contribution in [2.45, 2.75) is 51.6 Å². The summed E-state index contributed by atoms with van der Waals surface area (Å²) in [7, 11) is 0. The van der Waals surface area contributed by atoms with Crippen LogP contribution in [0.5, 0.6) is 0 Å². The molecule has 1 fully saturated rings. The van der Waals surface area contributed by atoms with Gasteiger partial charge in [0.05, 0.1) is 12.7 Å². The first kappa shape index (κ1) is 13.9. The molecule has 3 nitrogen and oxygen atoms in total. The van der Waals surface area contributed by atoms with Gasteiger partial charge in [-0.1, -0.05) is 26.2 Å². The molecule has 1 saturated carbocycles. The van der Waals surface area contributed by atoms with Crippen molar-refractivity contribution in [1.82, 2.24) is 5.32 Å². The zero-order chi connectivity index (χ0) is 11.6. The summed E-state index contributed by atoms with van der Waals surface area (Å²) in [6, 6.07) is 0. The molecule has 0 aromatic carbocycles. The third kappa shape index (κ3) is 8.08. The van der Waals surface area contributed by atoms with E-state index in [1.165, 1.54) is 38.5 Å². The van der Waals surface area contributed by atoms with Crippen LogP contribution in [0.4, 0.5) is 0 Å². The number of nitrogens with one attached hydrogen (secondary N) is 1. The second-order valence-electron chi connectivity index (χ2n) is 4.90. The molecule has 1 aliphatic carbocycles. The Hall–Kier alpha value is -0.120. The molecule has 1 unspecified atom stereocenters. The highest BCUT2D eigenvalue weighted by Gasteiger charge is 2.21. The van der Waals surface area contributed by atoms with Gasteiger partial charge in [-0.3, -0.25) is 0 Å². The molecule has 1 aliphatic rings. The van der Waals surface area contributed by atoms with Gasteiger partial charge in [-0.25, -0.2) is 0 Å². The first-order valence-corrected chi connectivity index (χ1v) is 6.79. The molecular weight excluding hydrogens is 202 g/mol. The van der Waals surface area contributed by atoms with E-state index in [4.69, 9.17) is 4.74 Å². The van der Waals surface area contributed by atoms with Crippen LogP contribution >= 0.6 is 0 Å². The summed E-state index contributed by atoms with van der Waals surface area (Å²) in [4.78, 5) is 0. The second-order valence-corrected chi connectivity index (χ2v) is 4.90. The van der Waals surface area contributed by atoms with Crippen molar-refractivity contribution in [2.75, 3.05) is 26.3 Å². The number of ether oxygens (including phenoxy) is 1. The van der Waals surface area contributed by atoms with E-state index in [2.05, 4.69) is 12.2 Å². The molecule has 0 amide bonds. The molecule has 1 atom stereocenters. The maximum Gasteiger partial charge on any atom is 0.0897 e. The summed E-state index contributed by atoms with van der Waals surface area (Å²) in [5.74, 6) is 0.786. The molecule has 0 bridgehead atoms. The first-order chi connectivity index (χ1) is 7.83. The monoisotopic (exact) mass is 229 g/mol. The lowest BCUT2D eigenvalue weighted by molar-refractivity contribution is 0.0326. The third-order valence-corrected chi connectivity index (χ3v) is 2.95. The molecule has 0 radical (unpaired) electrons. The minimum atomic E-state index is -0.343. The normalized spacial score (nSPS) is 17.6. The number of aliphatic hydroxyl groups is 1. The Labute approximate surface area is 99.6 Å². The van der Waals surface area contributed by atoms with Crippen molar-refractivity contribution < 1.29 is 9.84 Å². The topological polar surface area (TPSA) is 41.5 Å². The molecular formula is C13H27NO2. The van der Waals surface area contributed by atoms with E-state index in [0.717, 1.165) is 19.1 Å². The molecule has 0 spiro atoms. The standard InChI is InChI=1S/C13H27NO2/c1-2-3-4-5-8-14-9-13(15)11-16-10-12-6-7-12/h12-15H,2-11H2,1H3. The van der Waals surface area contributed by atoms with Crippen LogP contribution in [0.15, 0.2) is 0 Å².